The molecule has 0 aliphatic heterocycles. The van der Waals surface area contributed by atoms with Gasteiger partial charge in [-0.15, -0.1) is 0 Å². The van der Waals surface area contributed by atoms with Crippen LogP contribution in [0.4, 0.5) is 0 Å². The van der Waals surface area contributed by atoms with E-state index in [1.54, 1.807) is 30.5 Å². The van der Waals surface area contributed by atoms with Gasteiger partial charge in [-0.05, 0) is 49.7 Å². The van der Waals surface area contributed by atoms with E-state index in [0.717, 1.165) is 23.5 Å². The fraction of sp³-hybridized carbons (Fsp3) is 0.263. The predicted octanol–water partition coefficient (Wildman–Crippen LogP) is 3.64. The number of hydrogen-bond donors (Lipinski definition) is 1. The Labute approximate surface area is 142 Å². The molecule has 2 aromatic rings. The molecule has 0 fully saturated rings. The van der Waals surface area contributed by atoms with Crippen LogP contribution in [-0.4, -0.2) is 25.3 Å². The van der Waals surface area contributed by atoms with E-state index in [0.29, 0.717) is 18.8 Å². The van der Waals surface area contributed by atoms with Crippen molar-refractivity contribution < 1.29 is 14.3 Å². The molecule has 2 aromatic carbocycles. The molecule has 0 radical (unpaired) electrons. The number of hydrazone groups is 1. The third-order valence-electron chi connectivity index (χ3n) is 3.18. The molecule has 1 amide bonds. The van der Waals surface area contributed by atoms with Crippen LogP contribution in [0.15, 0.2) is 53.6 Å². The molecule has 0 unspecified atom stereocenters. The van der Waals surface area contributed by atoms with Gasteiger partial charge >= 0.3 is 0 Å². The van der Waals surface area contributed by atoms with Gasteiger partial charge in [0.25, 0.3) is 5.91 Å². The van der Waals surface area contributed by atoms with E-state index in [4.69, 9.17) is 9.47 Å². The fourth-order valence-electron chi connectivity index (χ4n) is 2.02. The summed E-state index contributed by atoms with van der Waals surface area (Å²) in [6.45, 7) is 5.20. The highest BCUT2D eigenvalue weighted by atomic mass is 16.5. The molecule has 0 saturated heterocycles. The summed E-state index contributed by atoms with van der Waals surface area (Å²) in [5.41, 5.74) is 3.84. The smallest absolute Gasteiger partial charge is 0.271 e. The lowest BCUT2D eigenvalue weighted by atomic mass is 10.2. The van der Waals surface area contributed by atoms with Gasteiger partial charge in [0.05, 0.1) is 19.4 Å². The van der Waals surface area contributed by atoms with Crippen LogP contribution in [0.5, 0.6) is 11.5 Å². The van der Waals surface area contributed by atoms with Gasteiger partial charge in [0.1, 0.15) is 11.5 Å². The zero-order valence-electron chi connectivity index (χ0n) is 14.0. The van der Waals surface area contributed by atoms with Gasteiger partial charge in [0, 0.05) is 11.1 Å². The van der Waals surface area contributed by atoms with Crippen molar-refractivity contribution in [3.8, 4) is 11.5 Å². The first-order chi connectivity index (χ1) is 11.7. The zero-order chi connectivity index (χ0) is 17.2. The molecule has 2 rings (SSSR count). The number of amides is 1. The molecule has 0 aromatic heterocycles. The van der Waals surface area contributed by atoms with Crippen molar-refractivity contribution in [2.45, 2.75) is 20.3 Å². The Bertz CT molecular complexity index is 681. The minimum Gasteiger partial charge on any atom is -0.494 e. The summed E-state index contributed by atoms with van der Waals surface area (Å²) in [6, 6.07) is 14.5. The topological polar surface area (TPSA) is 59.9 Å². The van der Waals surface area contributed by atoms with Crippen LogP contribution in [0, 0.1) is 0 Å². The lowest BCUT2D eigenvalue weighted by molar-refractivity contribution is 0.0955. The molecule has 0 bridgehead atoms. The van der Waals surface area contributed by atoms with Crippen molar-refractivity contribution >= 4 is 12.1 Å². The highest BCUT2D eigenvalue weighted by Crippen LogP contribution is 2.15. The van der Waals surface area contributed by atoms with Crippen molar-refractivity contribution in [1.29, 1.82) is 0 Å². The van der Waals surface area contributed by atoms with Crippen molar-refractivity contribution in [1.82, 2.24) is 5.43 Å². The third kappa shape index (κ3) is 5.12. The highest BCUT2D eigenvalue weighted by molar-refractivity contribution is 5.95. The number of hydrogen-bond acceptors (Lipinski definition) is 4. The summed E-state index contributed by atoms with van der Waals surface area (Å²) in [4.78, 5) is 12.1. The van der Waals surface area contributed by atoms with Crippen LogP contribution in [-0.2, 0) is 0 Å². The largest absolute Gasteiger partial charge is 0.494 e. The molecule has 0 saturated carbocycles. The first-order valence-corrected chi connectivity index (χ1v) is 8.02. The molecule has 0 heterocycles. The standard InChI is InChI=1S/C19H22N2O3/c1-3-13-24-17-11-9-15(10-12-17)19(22)21-20-14-16-7-5-6-8-18(16)23-4-2/h5-12,14H,3-4,13H2,1-2H3,(H,21,22)/b20-14+. The summed E-state index contributed by atoms with van der Waals surface area (Å²) in [5, 5.41) is 4.00. The number of nitrogens with one attached hydrogen (secondary N) is 1. The number of rotatable bonds is 8. The summed E-state index contributed by atoms with van der Waals surface area (Å²) in [5.74, 6) is 1.21. The number of carbonyl (C=O) groups excluding carboxylic acids is 1. The van der Waals surface area contributed by atoms with Crippen LogP contribution in [0.2, 0.25) is 0 Å². The average molecular weight is 326 g/mol. The maximum absolute atomic E-state index is 12.1. The van der Waals surface area contributed by atoms with Crippen LogP contribution in [0.3, 0.4) is 0 Å². The van der Waals surface area contributed by atoms with E-state index < -0.39 is 0 Å². The average Bonchev–Trinajstić information content (AvgIpc) is 2.62. The van der Waals surface area contributed by atoms with Crippen LogP contribution < -0.4 is 14.9 Å². The predicted molar refractivity (Wildman–Crippen MR) is 94.9 cm³/mol. The lowest BCUT2D eigenvalue weighted by Gasteiger charge is -2.06. The number of para-hydroxylation sites is 1. The lowest BCUT2D eigenvalue weighted by Crippen LogP contribution is -2.17. The molecule has 0 spiro atoms. The molecule has 0 aliphatic rings. The van der Waals surface area contributed by atoms with E-state index >= 15 is 0 Å². The fourth-order valence-corrected chi connectivity index (χ4v) is 2.02. The number of carbonyl (C=O) groups is 1. The highest BCUT2D eigenvalue weighted by Gasteiger charge is 2.05. The SMILES string of the molecule is CCCOc1ccc(C(=O)N/N=C/c2ccccc2OCC)cc1. The molecular formula is C19H22N2O3. The van der Waals surface area contributed by atoms with Gasteiger partial charge in [0.2, 0.25) is 0 Å². The Morgan fingerprint density at radius 3 is 2.54 bits per heavy atom. The molecule has 5 heteroatoms. The summed E-state index contributed by atoms with van der Waals surface area (Å²) < 4.78 is 11.0. The van der Waals surface area contributed by atoms with E-state index in [9.17, 15) is 4.79 Å². The van der Waals surface area contributed by atoms with Crippen LogP contribution in [0.25, 0.3) is 0 Å². The molecular weight excluding hydrogens is 304 g/mol. The molecule has 0 aliphatic carbocycles. The van der Waals surface area contributed by atoms with Gasteiger partial charge in [0.15, 0.2) is 0 Å². The Hall–Kier alpha value is -2.82. The van der Waals surface area contributed by atoms with E-state index in [1.807, 2.05) is 38.1 Å². The van der Waals surface area contributed by atoms with Gasteiger partial charge in [-0.3, -0.25) is 4.79 Å². The third-order valence-corrected chi connectivity index (χ3v) is 3.18. The maximum atomic E-state index is 12.1. The van der Waals surface area contributed by atoms with E-state index in [1.165, 1.54) is 0 Å². The van der Waals surface area contributed by atoms with Gasteiger partial charge in [-0.25, -0.2) is 5.43 Å². The van der Waals surface area contributed by atoms with Crippen molar-refractivity contribution in [2.75, 3.05) is 13.2 Å². The van der Waals surface area contributed by atoms with Crippen LogP contribution in [0.1, 0.15) is 36.2 Å². The second-order valence-electron chi connectivity index (χ2n) is 5.04. The first kappa shape index (κ1) is 17.5. The summed E-state index contributed by atoms with van der Waals surface area (Å²) in [6.07, 6.45) is 2.52. The minimum absolute atomic E-state index is 0.276. The van der Waals surface area contributed by atoms with Crippen molar-refractivity contribution in [2.24, 2.45) is 5.10 Å². The number of ether oxygens (including phenoxy) is 2. The number of benzene rings is 2. The minimum atomic E-state index is -0.276. The van der Waals surface area contributed by atoms with Crippen LogP contribution >= 0.6 is 0 Å². The molecule has 24 heavy (non-hydrogen) atoms. The Balaban J connectivity index is 1.95. The molecule has 0 atom stereocenters. The van der Waals surface area contributed by atoms with Crippen molar-refractivity contribution in [3.63, 3.8) is 0 Å². The second kappa shape index (κ2) is 9.35. The van der Waals surface area contributed by atoms with E-state index in [-0.39, 0.29) is 5.91 Å². The van der Waals surface area contributed by atoms with Crippen molar-refractivity contribution in [3.05, 3.63) is 59.7 Å². The Morgan fingerprint density at radius 1 is 1.08 bits per heavy atom. The summed E-state index contributed by atoms with van der Waals surface area (Å²) >= 11 is 0. The molecule has 5 nitrogen and oxygen atoms in total. The monoisotopic (exact) mass is 326 g/mol. The maximum Gasteiger partial charge on any atom is 0.271 e. The Kier molecular flexibility index (Phi) is 6.83. The second-order valence-corrected chi connectivity index (χ2v) is 5.04. The van der Waals surface area contributed by atoms with Gasteiger partial charge in [-0.2, -0.15) is 5.10 Å². The van der Waals surface area contributed by atoms with Gasteiger partial charge < -0.3 is 9.47 Å². The first-order valence-electron chi connectivity index (χ1n) is 8.02. The normalized spacial score (nSPS) is 10.6. The molecule has 1 N–H and O–H groups in total. The summed E-state index contributed by atoms with van der Waals surface area (Å²) in [7, 11) is 0. The molecule has 126 valence electrons. The van der Waals surface area contributed by atoms with E-state index in [2.05, 4.69) is 10.5 Å². The quantitative estimate of drug-likeness (QED) is 0.595. The Morgan fingerprint density at radius 2 is 1.83 bits per heavy atom. The number of nitrogens with zero attached hydrogens (tertiary/aromatic N) is 1. The van der Waals surface area contributed by atoms with Gasteiger partial charge in [-0.1, -0.05) is 19.1 Å². The zero-order valence-corrected chi connectivity index (χ0v) is 14.0.